The van der Waals surface area contributed by atoms with E-state index in [4.69, 9.17) is 33.2 Å². The van der Waals surface area contributed by atoms with Gasteiger partial charge in [0, 0.05) is 43.4 Å². The number of methoxy groups -OCH3 is 4. The Morgan fingerprint density at radius 1 is 0.865 bits per heavy atom. The SMILES string of the molecule is C=CC1=C2/C=C(\C)Oc3c(OC)c(OC)c(COC(C)COC)c4c3[C@H](Cc3ccc(OC)c(c3)Oc3ccc(cc3)C[C@@H]2N(C)CC1)N(C)CC4. The number of hydrogen-bond donors (Lipinski definition) is 0. The van der Waals surface area contributed by atoms with Gasteiger partial charge >= 0.3 is 0 Å². The van der Waals surface area contributed by atoms with Gasteiger partial charge in [0.05, 0.1) is 40.6 Å². The van der Waals surface area contributed by atoms with Crippen LogP contribution in [-0.4, -0.2) is 84.2 Å². The zero-order valence-electron chi connectivity index (χ0n) is 32.0. The molecule has 0 aromatic heterocycles. The summed E-state index contributed by atoms with van der Waals surface area (Å²) in [5.74, 6) is 4.71. The second kappa shape index (κ2) is 16.6. The molecule has 0 radical (unpaired) electrons. The highest BCUT2D eigenvalue weighted by Crippen LogP contribution is 2.52. The Balaban J connectivity index is 1.59. The minimum atomic E-state index is -0.103. The largest absolute Gasteiger partial charge is 0.493 e. The maximum atomic E-state index is 7.05. The second-order valence-corrected chi connectivity index (χ2v) is 14.0. The molecule has 0 fully saturated rings. The van der Waals surface area contributed by atoms with Gasteiger partial charge in [0.25, 0.3) is 0 Å². The van der Waals surface area contributed by atoms with Crippen molar-refractivity contribution in [2.75, 3.05) is 62.2 Å². The quantitative estimate of drug-likeness (QED) is 0.221. The van der Waals surface area contributed by atoms with Crippen LogP contribution in [0.2, 0.25) is 0 Å². The molecule has 4 heterocycles. The summed E-state index contributed by atoms with van der Waals surface area (Å²) < 4.78 is 43.4. The molecule has 9 nitrogen and oxygen atoms in total. The predicted molar refractivity (Wildman–Crippen MR) is 204 cm³/mol. The van der Waals surface area contributed by atoms with E-state index < -0.39 is 0 Å². The Labute approximate surface area is 309 Å². The van der Waals surface area contributed by atoms with Gasteiger partial charge in [0.1, 0.15) is 11.5 Å². The fourth-order valence-corrected chi connectivity index (χ4v) is 7.85. The molecule has 0 N–H and O–H groups in total. The Morgan fingerprint density at radius 3 is 2.25 bits per heavy atom. The third kappa shape index (κ3) is 7.74. The summed E-state index contributed by atoms with van der Waals surface area (Å²) in [5.41, 5.74) is 7.95. The molecular weight excluding hydrogens is 656 g/mol. The van der Waals surface area contributed by atoms with Crippen molar-refractivity contribution in [1.29, 1.82) is 0 Å². The van der Waals surface area contributed by atoms with Crippen LogP contribution in [-0.2, 0) is 35.3 Å². The van der Waals surface area contributed by atoms with Crippen molar-refractivity contribution < 1.29 is 33.2 Å². The maximum absolute atomic E-state index is 7.05. The molecule has 3 atom stereocenters. The van der Waals surface area contributed by atoms with Gasteiger partial charge in [0.15, 0.2) is 23.0 Å². The average molecular weight is 711 g/mol. The van der Waals surface area contributed by atoms with Crippen LogP contribution in [0.1, 0.15) is 54.1 Å². The molecule has 278 valence electrons. The van der Waals surface area contributed by atoms with E-state index in [9.17, 15) is 0 Å². The van der Waals surface area contributed by atoms with Gasteiger partial charge in [-0.25, -0.2) is 0 Å². The highest BCUT2D eigenvalue weighted by molar-refractivity contribution is 5.66. The minimum Gasteiger partial charge on any atom is -0.493 e. The standard InChI is InChI=1S/C43H54N2O7/c1-10-31-17-19-44(4)36-22-29-11-14-32(15-12-29)52-39-24-30(13-16-38(39)47-7)23-37-40-33(18-20-45(37)5)35(26-50-28(3)25-46-6)41(48-8)43(49-9)42(40)51-27(2)21-34(31)36/h10-16,21,24,28,36-37H,1,17-20,22-23,25-26H2,2-9H3/b27-21+/t28?,36-,37-/m0/s1. The first kappa shape index (κ1) is 37.5. The smallest absolute Gasteiger partial charge is 0.204 e. The summed E-state index contributed by atoms with van der Waals surface area (Å²) in [6.45, 7) is 10.9. The average Bonchev–Trinajstić information content (AvgIpc) is 3.14. The van der Waals surface area contributed by atoms with Gasteiger partial charge in [-0.1, -0.05) is 30.9 Å². The molecule has 0 spiro atoms. The molecule has 0 saturated carbocycles. The lowest BCUT2D eigenvalue weighted by Crippen LogP contribution is -2.39. The zero-order chi connectivity index (χ0) is 36.9. The van der Waals surface area contributed by atoms with E-state index in [0.29, 0.717) is 48.4 Å². The zero-order valence-corrected chi connectivity index (χ0v) is 32.0. The summed E-state index contributed by atoms with van der Waals surface area (Å²) in [7, 11) is 11.1. The van der Waals surface area contributed by atoms with Crippen molar-refractivity contribution >= 4 is 0 Å². The summed E-state index contributed by atoms with van der Waals surface area (Å²) in [6, 6.07) is 14.6. The number of hydrogen-bond acceptors (Lipinski definition) is 9. The minimum absolute atomic E-state index is 0.0579. The van der Waals surface area contributed by atoms with Crippen LogP contribution in [0.3, 0.4) is 0 Å². The summed E-state index contributed by atoms with van der Waals surface area (Å²) in [5, 5.41) is 0. The van der Waals surface area contributed by atoms with Gasteiger partial charge in [0.2, 0.25) is 5.75 Å². The van der Waals surface area contributed by atoms with E-state index in [0.717, 1.165) is 66.1 Å². The van der Waals surface area contributed by atoms with Gasteiger partial charge in [-0.05, 0) is 112 Å². The highest BCUT2D eigenvalue weighted by atomic mass is 16.5. The summed E-state index contributed by atoms with van der Waals surface area (Å²) >= 11 is 0. The van der Waals surface area contributed by atoms with Crippen LogP contribution in [0.5, 0.6) is 34.5 Å². The van der Waals surface area contributed by atoms with Crippen molar-refractivity contribution in [1.82, 2.24) is 9.80 Å². The Kier molecular flexibility index (Phi) is 12.0. The number of allylic oxidation sites excluding steroid dienone is 2. The number of likely N-dealkylation sites (N-methyl/N-ethyl adjacent to an activating group) is 2. The molecule has 4 aliphatic rings. The van der Waals surface area contributed by atoms with E-state index in [1.807, 2.05) is 38.1 Å². The van der Waals surface area contributed by atoms with E-state index in [2.05, 4.69) is 60.8 Å². The first-order valence-corrected chi connectivity index (χ1v) is 18.1. The van der Waals surface area contributed by atoms with E-state index in [-0.39, 0.29) is 18.2 Å². The first-order chi connectivity index (χ1) is 25.2. The Bertz CT molecular complexity index is 1820. The second-order valence-electron chi connectivity index (χ2n) is 14.0. The molecule has 3 aromatic carbocycles. The number of fused-ring (bicyclic) bond motifs is 3. The molecule has 7 rings (SSSR count). The summed E-state index contributed by atoms with van der Waals surface area (Å²) in [4.78, 5) is 4.81. The monoisotopic (exact) mass is 710 g/mol. The fraction of sp³-hybridized carbons (Fsp3) is 0.442. The lowest BCUT2D eigenvalue weighted by atomic mass is 9.84. The number of rotatable bonds is 9. The molecule has 1 unspecified atom stereocenters. The molecule has 4 aliphatic heterocycles. The highest BCUT2D eigenvalue weighted by Gasteiger charge is 2.36. The normalized spacial score (nSPS) is 21.0. The van der Waals surface area contributed by atoms with Crippen LogP contribution in [0.4, 0.5) is 0 Å². The van der Waals surface area contributed by atoms with E-state index in [1.165, 1.54) is 16.7 Å². The molecule has 4 bridgehead atoms. The van der Waals surface area contributed by atoms with Crippen LogP contribution in [0.15, 0.2) is 78.1 Å². The van der Waals surface area contributed by atoms with Crippen molar-refractivity contribution in [2.24, 2.45) is 0 Å². The van der Waals surface area contributed by atoms with Crippen LogP contribution >= 0.6 is 0 Å². The molecule has 0 aliphatic carbocycles. The Hall–Kier alpha value is -4.28. The third-order valence-corrected chi connectivity index (χ3v) is 10.6. The van der Waals surface area contributed by atoms with Gasteiger partial charge in [-0.15, -0.1) is 0 Å². The topological polar surface area (TPSA) is 71.1 Å². The van der Waals surface area contributed by atoms with Crippen molar-refractivity contribution in [2.45, 2.75) is 64.3 Å². The van der Waals surface area contributed by atoms with Gasteiger partial charge in [-0.2, -0.15) is 0 Å². The molecule has 3 aromatic rings. The van der Waals surface area contributed by atoms with Crippen LogP contribution in [0.25, 0.3) is 0 Å². The van der Waals surface area contributed by atoms with Crippen LogP contribution in [0, 0.1) is 0 Å². The molecular formula is C43H54N2O7. The van der Waals surface area contributed by atoms with Crippen molar-refractivity contribution in [3.05, 3.63) is 106 Å². The molecule has 0 saturated heterocycles. The third-order valence-electron chi connectivity index (χ3n) is 10.6. The maximum Gasteiger partial charge on any atom is 0.204 e. The van der Waals surface area contributed by atoms with E-state index in [1.54, 1.807) is 28.4 Å². The lowest BCUT2D eigenvalue weighted by molar-refractivity contribution is -0.00130. The molecule has 0 amide bonds. The number of benzene rings is 3. The van der Waals surface area contributed by atoms with E-state index >= 15 is 0 Å². The number of nitrogens with zero attached hydrogens (tertiary/aromatic N) is 2. The number of ether oxygens (including phenoxy) is 7. The van der Waals surface area contributed by atoms with Crippen molar-refractivity contribution in [3.63, 3.8) is 0 Å². The van der Waals surface area contributed by atoms with Gasteiger partial charge < -0.3 is 33.2 Å². The van der Waals surface area contributed by atoms with Gasteiger partial charge in [-0.3, -0.25) is 9.80 Å². The fourth-order valence-electron chi connectivity index (χ4n) is 7.85. The first-order valence-electron chi connectivity index (χ1n) is 18.1. The summed E-state index contributed by atoms with van der Waals surface area (Å²) in [6.07, 6.45) is 7.31. The van der Waals surface area contributed by atoms with Crippen LogP contribution < -0.4 is 23.7 Å². The Morgan fingerprint density at radius 2 is 1.56 bits per heavy atom. The molecule has 9 heteroatoms. The molecule has 52 heavy (non-hydrogen) atoms. The lowest BCUT2D eigenvalue weighted by Gasteiger charge is -2.38. The predicted octanol–water partition coefficient (Wildman–Crippen LogP) is 7.85. The van der Waals surface area contributed by atoms with Crippen molar-refractivity contribution in [3.8, 4) is 34.5 Å².